The van der Waals surface area contributed by atoms with Crippen molar-refractivity contribution in [1.82, 2.24) is 9.97 Å². The molecule has 0 saturated carbocycles. The monoisotopic (exact) mass is 322 g/mol. The molecule has 0 N–H and O–H groups in total. The predicted octanol–water partition coefficient (Wildman–Crippen LogP) is 2.68. The van der Waals surface area contributed by atoms with E-state index in [4.69, 9.17) is 0 Å². The third-order valence-electron chi connectivity index (χ3n) is 3.88. The first kappa shape index (κ1) is 16.7. The molecule has 4 rings (SSSR count). The zero-order valence-electron chi connectivity index (χ0n) is 13.9. The van der Waals surface area contributed by atoms with Gasteiger partial charge in [0.25, 0.3) is 0 Å². The molecule has 3 aromatic carbocycles. The first-order valence-electron chi connectivity index (χ1n) is 8.30. The Hall–Kier alpha value is -3.20. The minimum absolute atomic E-state index is 0.309. The van der Waals surface area contributed by atoms with E-state index in [0.717, 1.165) is 0 Å². The molecular weight excluding hydrogens is 303 g/mol. The molecule has 0 aliphatic carbocycles. The highest BCUT2D eigenvalue weighted by Crippen LogP contribution is 1.95. The van der Waals surface area contributed by atoms with Gasteiger partial charge in [-0.25, -0.2) is 9.97 Å². The van der Waals surface area contributed by atoms with Gasteiger partial charge in [0.1, 0.15) is 6.33 Å². The summed E-state index contributed by atoms with van der Waals surface area (Å²) in [4.78, 5) is 7.35. The lowest BCUT2D eigenvalue weighted by atomic mass is 9.37. The maximum atomic E-state index is 3.67. The van der Waals surface area contributed by atoms with Crippen LogP contribution in [0.15, 0.2) is 116 Å². The largest absolute Gasteiger partial charge is 0.245 e. The Labute approximate surface area is 149 Å². The third-order valence-corrected chi connectivity index (χ3v) is 3.88. The fourth-order valence-electron chi connectivity index (χ4n) is 2.77. The summed E-state index contributed by atoms with van der Waals surface area (Å²) in [5, 5.41) is 0. The highest BCUT2D eigenvalue weighted by atomic mass is 14.8. The van der Waals surface area contributed by atoms with Crippen LogP contribution in [0, 0.1) is 0 Å². The van der Waals surface area contributed by atoms with Crippen LogP contribution in [0.5, 0.6) is 0 Å². The van der Waals surface area contributed by atoms with E-state index in [1.165, 1.54) is 22.7 Å². The van der Waals surface area contributed by atoms with E-state index in [9.17, 15) is 0 Å². The first-order valence-corrected chi connectivity index (χ1v) is 8.30. The van der Waals surface area contributed by atoms with Gasteiger partial charge in [0.05, 0.1) is 0 Å². The van der Waals surface area contributed by atoms with Crippen molar-refractivity contribution in [3.8, 4) is 0 Å². The molecule has 2 nitrogen and oxygen atoms in total. The quantitative estimate of drug-likeness (QED) is 0.542. The van der Waals surface area contributed by atoms with E-state index >= 15 is 0 Å². The maximum Gasteiger partial charge on any atom is 0.241 e. The summed E-state index contributed by atoms with van der Waals surface area (Å²) in [6.07, 6.45) is 4.88. The van der Waals surface area contributed by atoms with Gasteiger partial charge in [-0.3, -0.25) is 0 Å². The molecule has 0 saturated heterocycles. The smallest absolute Gasteiger partial charge is 0.241 e. The van der Waals surface area contributed by atoms with Gasteiger partial charge in [-0.05, 0) is 6.07 Å². The Kier molecular flexibility index (Phi) is 6.12. The number of rotatable bonds is 3. The van der Waals surface area contributed by atoms with Crippen molar-refractivity contribution in [2.24, 2.45) is 0 Å². The van der Waals surface area contributed by atoms with Crippen LogP contribution < -0.4 is 16.4 Å². The fourth-order valence-corrected chi connectivity index (χ4v) is 2.77. The molecule has 0 atom stereocenters. The van der Waals surface area contributed by atoms with Crippen LogP contribution in [-0.2, 0) is 0 Å². The van der Waals surface area contributed by atoms with E-state index < -0.39 is 0 Å². The van der Waals surface area contributed by atoms with Gasteiger partial charge in [0, 0.05) is 12.4 Å². The van der Waals surface area contributed by atoms with Crippen LogP contribution in [0.4, 0.5) is 0 Å². The average Bonchev–Trinajstić information content (AvgIpc) is 2.72. The Bertz CT molecular complexity index is 717. The summed E-state index contributed by atoms with van der Waals surface area (Å²) in [5.41, 5.74) is 4.00. The third kappa shape index (κ3) is 4.89. The minimum Gasteiger partial charge on any atom is -0.245 e. The predicted molar refractivity (Wildman–Crippen MR) is 106 cm³/mol. The normalized spacial score (nSPS) is 9.60. The van der Waals surface area contributed by atoms with Crippen LogP contribution in [-0.4, -0.2) is 16.7 Å². The van der Waals surface area contributed by atoms with Gasteiger partial charge in [-0.15, -0.1) is 0 Å². The lowest BCUT2D eigenvalue weighted by Crippen LogP contribution is -2.51. The Balaban J connectivity index is 0.000000258. The molecule has 0 spiro atoms. The van der Waals surface area contributed by atoms with E-state index in [1.54, 1.807) is 18.5 Å². The standard InChI is InChI=1S/C18H15B.C4H4N2/c1-4-10-16(11-5-1)19(17-12-6-2-7-13-17)18-14-8-3-9-15-18;1-2-5-4-6-3-1/h1-15H;1-4H. The second-order valence-electron chi connectivity index (χ2n) is 5.57. The van der Waals surface area contributed by atoms with Gasteiger partial charge in [-0.1, -0.05) is 107 Å². The van der Waals surface area contributed by atoms with Crippen LogP contribution in [0.25, 0.3) is 0 Å². The zero-order chi connectivity index (χ0) is 17.2. The topological polar surface area (TPSA) is 25.8 Å². The van der Waals surface area contributed by atoms with E-state index in [2.05, 4.69) is 101 Å². The molecule has 120 valence electrons. The molecule has 25 heavy (non-hydrogen) atoms. The van der Waals surface area contributed by atoms with Gasteiger partial charge in [0.2, 0.25) is 6.71 Å². The average molecular weight is 322 g/mol. The van der Waals surface area contributed by atoms with Crippen LogP contribution in [0.2, 0.25) is 0 Å². The summed E-state index contributed by atoms with van der Waals surface area (Å²) in [6, 6.07) is 33.8. The van der Waals surface area contributed by atoms with Gasteiger partial charge >= 0.3 is 0 Å². The zero-order valence-corrected chi connectivity index (χ0v) is 13.9. The highest BCUT2D eigenvalue weighted by Gasteiger charge is 2.20. The first-order chi connectivity index (χ1) is 12.4. The Morgan fingerprint density at radius 1 is 0.440 bits per heavy atom. The fraction of sp³-hybridized carbons (Fsp3) is 0. The SMILES string of the molecule is c1ccc(B(c2ccccc2)c2ccccc2)cc1.c1cncnc1. The van der Waals surface area contributed by atoms with E-state index in [0.29, 0.717) is 6.71 Å². The van der Waals surface area contributed by atoms with Crippen molar-refractivity contribution in [2.45, 2.75) is 0 Å². The summed E-state index contributed by atoms with van der Waals surface area (Å²) < 4.78 is 0. The van der Waals surface area contributed by atoms with Crippen molar-refractivity contribution in [2.75, 3.05) is 0 Å². The van der Waals surface area contributed by atoms with Gasteiger partial charge in [-0.2, -0.15) is 0 Å². The molecule has 3 heteroatoms. The number of aromatic nitrogens is 2. The number of hydrogen-bond donors (Lipinski definition) is 0. The van der Waals surface area contributed by atoms with Crippen molar-refractivity contribution in [1.29, 1.82) is 0 Å². The summed E-state index contributed by atoms with van der Waals surface area (Å²) in [7, 11) is 0. The van der Waals surface area contributed by atoms with Crippen LogP contribution >= 0.6 is 0 Å². The molecular formula is C22H19BN2. The minimum atomic E-state index is 0.309. The summed E-state index contributed by atoms with van der Waals surface area (Å²) >= 11 is 0. The molecule has 0 amide bonds. The van der Waals surface area contributed by atoms with Crippen molar-refractivity contribution in [3.05, 3.63) is 116 Å². The molecule has 0 aliphatic rings. The van der Waals surface area contributed by atoms with Crippen LogP contribution in [0.1, 0.15) is 0 Å². The lowest BCUT2D eigenvalue weighted by molar-refractivity contribution is 1.17. The molecule has 0 fully saturated rings. The molecule has 0 aliphatic heterocycles. The molecule has 1 heterocycles. The number of nitrogens with zero attached hydrogens (tertiary/aromatic N) is 2. The van der Waals surface area contributed by atoms with E-state index in [-0.39, 0.29) is 0 Å². The van der Waals surface area contributed by atoms with E-state index in [1.807, 2.05) is 0 Å². The van der Waals surface area contributed by atoms with Gasteiger partial charge in [0.15, 0.2) is 0 Å². The maximum absolute atomic E-state index is 3.67. The van der Waals surface area contributed by atoms with Crippen LogP contribution in [0.3, 0.4) is 0 Å². The highest BCUT2D eigenvalue weighted by molar-refractivity contribution is 6.95. The molecule has 1 aromatic heterocycles. The second-order valence-corrected chi connectivity index (χ2v) is 5.57. The van der Waals surface area contributed by atoms with Crippen molar-refractivity contribution >= 4 is 23.1 Å². The van der Waals surface area contributed by atoms with Crippen molar-refractivity contribution in [3.63, 3.8) is 0 Å². The Morgan fingerprint density at radius 2 is 0.800 bits per heavy atom. The molecule has 0 radical (unpaired) electrons. The lowest BCUT2D eigenvalue weighted by Gasteiger charge is -2.15. The summed E-state index contributed by atoms with van der Waals surface area (Å²) in [6.45, 7) is 0.309. The Morgan fingerprint density at radius 3 is 1.04 bits per heavy atom. The van der Waals surface area contributed by atoms with Crippen molar-refractivity contribution < 1.29 is 0 Å². The summed E-state index contributed by atoms with van der Waals surface area (Å²) in [5.74, 6) is 0. The van der Waals surface area contributed by atoms with Gasteiger partial charge < -0.3 is 0 Å². The number of hydrogen-bond acceptors (Lipinski definition) is 2. The molecule has 4 aromatic rings. The molecule has 0 unspecified atom stereocenters. The number of benzene rings is 3. The second kappa shape index (κ2) is 9.19. The molecule has 0 bridgehead atoms.